The lowest BCUT2D eigenvalue weighted by Gasteiger charge is -2.38. The second-order valence-electron chi connectivity index (χ2n) is 8.77. The van der Waals surface area contributed by atoms with Gasteiger partial charge in [-0.15, -0.1) is 0 Å². The first-order valence-electron chi connectivity index (χ1n) is 11.2. The number of halogens is 2. The highest BCUT2D eigenvalue weighted by Crippen LogP contribution is 2.45. The van der Waals surface area contributed by atoms with Crippen molar-refractivity contribution in [1.82, 2.24) is 0 Å². The van der Waals surface area contributed by atoms with Crippen LogP contribution in [0.3, 0.4) is 0 Å². The predicted molar refractivity (Wildman–Crippen MR) is 115 cm³/mol. The molecule has 0 bridgehead atoms. The minimum absolute atomic E-state index is 0.00962. The van der Waals surface area contributed by atoms with Gasteiger partial charge in [0.2, 0.25) is 5.82 Å². The highest BCUT2D eigenvalue weighted by Gasteiger charge is 2.32. The molecule has 0 unspecified atom stereocenters. The van der Waals surface area contributed by atoms with Gasteiger partial charge in [-0.3, -0.25) is 4.79 Å². The number of ether oxygens (including phenoxy) is 1. The summed E-state index contributed by atoms with van der Waals surface area (Å²) in [6, 6.07) is 3.24. The summed E-state index contributed by atoms with van der Waals surface area (Å²) in [5.41, 5.74) is 0.501. The van der Waals surface area contributed by atoms with E-state index in [1.54, 1.807) is 12.1 Å². The molecule has 0 aromatic heterocycles. The van der Waals surface area contributed by atoms with Gasteiger partial charge in [-0.25, -0.2) is 4.39 Å². The van der Waals surface area contributed by atoms with Gasteiger partial charge in [0.1, 0.15) is 0 Å². The van der Waals surface area contributed by atoms with E-state index in [4.69, 9.17) is 4.74 Å². The molecule has 2 aliphatic rings. The predicted octanol–water partition coefficient (Wildman–Crippen LogP) is 7.11. The number of hydrogen-bond donors (Lipinski definition) is 0. The number of hydrogen-bond acceptors (Lipinski definition) is 3. The van der Waals surface area contributed by atoms with Crippen molar-refractivity contribution in [1.29, 1.82) is 0 Å². The highest BCUT2D eigenvalue weighted by atomic mass is 32.2. The fourth-order valence-corrected chi connectivity index (χ4v) is 5.73. The first-order valence-corrected chi connectivity index (χ1v) is 12.2. The molecule has 1 aromatic rings. The summed E-state index contributed by atoms with van der Waals surface area (Å²) >= 11 is 1.12. The molecule has 3 rings (SSSR count). The van der Waals surface area contributed by atoms with Crippen LogP contribution in [0.5, 0.6) is 5.75 Å². The monoisotopic (exact) mass is 424 g/mol. The Bertz CT molecular complexity index is 678. The van der Waals surface area contributed by atoms with Crippen molar-refractivity contribution in [3.63, 3.8) is 0 Å². The lowest BCUT2D eigenvalue weighted by Crippen LogP contribution is -2.25. The minimum Gasteiger partial charge on any atom is -0.490 e. The molecular formula is C24H34F2O2S. The van der Waals surface area contributed by atoms with Gasteiger partial charge in [-0.1, -0.05) is 44.0 Å². The summed E-state index contributed by atoms with van der Waals surface area (Å²) in [6.45, 7) is 3.96. The smallest absolute Gasteiger partial charge is 0.200 e. The van der Waals surface area contributed by atoms with Crippen molar-refractivity contribution < 1.29 is 18.3 Å². The van der Waals surface area contributed by atoms with Crippen LogP contribution in [0.1, 0.15) is 83.1 Å². The summed E-state index contributed by atoms with van der Waals surface area (Å²) in [5.74, 6) is 1.35. The van der Waals surface area contributed by atoms with Crippen molar-refractivity contribution >= 4 is 16.9 Å². The molecule has 162 valence electrons. The molecule has 0 spiro atoms. The van der Waals surface area contributed by atoms with Gasteiger partial charge in [-0.2, -0.15) is 4.39 Å². The zero-order valence-corrected chi connectivity index (χ0v) is 18.5. The normalized spacial score (nSPS) is 27.6. The summed E-state index contributed by atoms with van der Waals surface area (Å²) in [7, 11) is 0. The highest BCUT2D eigenvalue weighted by molar-refractivity contribution is 8.13. The van der Waals surface area contributed by atoms with Gasteiger partial charge >= 0.3 is 0 Å². The third kappa shape index (κ3) is 5.96. The van der Waals surface area contributed by atoms with Crippen molar-refractivity contribution in [3.8, 4) is 5.75 Å². The number of carbonyl (C=O) groups excluding carboxylic acids is 1. The van der Waals surface area contributed by atoms with Crippen LogP contribution in [-0.4, -0.2) is 17.5 Å². The number of rotatable bonds is 7. The van der Waals surface area contributed by atoms with Crippen LogP contribution in [0.2, 0.25) is 0 Å². The number of thioether (sulfide) groups is 1. The maximum atomic E-state index is 14.7. The van der Waals surface area contributed by atoms with Crippen LogP contribution in [0.25, 0.3) is 0 Å². The average molecular weight is 425 g/mol. The maximum absolute atomic E-state index is 14.7. The van der Waals surface area contributed by atoms with Gasteiger partial charge in [0.25, 0.3) is 0 Å². The quantitative estimate of drug-likeness (QED) is 0.436. The summed E-state index contributed by atoms with van der Waals surface area (Å²) < 4.78 is 34.5. The minimum atomic E-state index is -0.893. The lowest BCUT2D eigenvalue weighted by molar-refractivity contribution is -0.109. The largest absolute Gasteiger partial charge is 0.490 e. The van der Waals surface area contributed by atoms with E-state index in [1.807, 2.05) is 0 Å². The first kappa shape index (κ1) is 22.6. The Labute approximate surface area is 178 Å². The molecule has 2 aliphatic carbocycles. The van der Waals surface area contributed by atoms with Gasteiger partial charge < -0.3 is 4.74 Å². The molecule has 0 radical (unpaired) electrons. The van der Waals surface area contributed by atoms with Crippen molar-refractivity contribution in [2.75, 3.05) is 12.4 Å². The third-order valence-electron chi connectivity index (χ3n) is 7.07. The van der Waals surface area contributed by atoms with E-state index >= 15 is 0 Å². The van der Waals surface area contributed by atoms with Crippen LogP contribution in [0.4, 0.5) is 8.78 Å². The van der Waals surface area contributed by atoms with E-state index in [1.165, 1.54) is 39.0 Å². The van der Waals surface area contributed by atoms with Crippen molar-refractivity contribution in [3.05, 3.63) is 29.3 Å². The Morgan fingerprint density at radius 3 is 2.21 bits per heavy atom. The number of carbonyl (C=O) groups is 1. The van der Waals surface area contributed by atoms with Crippen LogP contribution in [-0.2, 0) is 4.79 Å². The summed E-state index contributed by atoms with van der Waals surface area (Å²) in [6.07, 6.45) is 10.9. The third-order valence-corrected chi connectivity index (χ3v) is 7.85. The Balaban J connectivity index is 1.52. The van der Waals surface area contributed by atoms with Crippen molar-refractivity contribution in [2.24, 2.45) is 17.8 Å². The van der Waals surface area contributed by atoms with E-state index in [-0.39, 0.29) is 23.4 Å². The first-order chi connectivity index (χ1) is 14.0. The lowest BCUT2D eigenvalue weighted by atomic mass is 9.68. The van der Waals surface area contributed by atoms with E-state index < -0.39 is 11.6 Å². The van der Waals surface area contributed by atoms with E-state index in [2.05, 4.69) is 6.92 Å². The zero-order valence-electron chi connectivity index (χ0n) is 17.7. The summed E-state index contributed by atoms with van der Waals surface area (Å²) in [4.78, 5) is 10.9. The molecule has 5 heteroatoms. The fraction of sp³-hybridized carbons (Fsp3) is 0.708. The molecule has 2 saturated carbocycles. The van der Waals surface area contributed by atoms with Crippen LogP contribution >= 0.6 is 11.8 Å². The fourth-order valence-electron chi connectivity index (χ4n) is 5.28. The van der Waals surface area contributed by atoms with Crippen LogP contribution in [0.15, 0.2) is 12.1 Å². The Hall–Kier alpha value is -1.10. The Morgan fingerprint density at radius 1 is 1.00 bits per heavy atom. The Kier molecular flexibility index (Phi) is 8.40. The second kappa shape index (κ2) is 10.8. The molecular weight excluding hydrogens is 390 g/mol. The van der Waals surface area contributed by atoms with E-state index in [9.17, 15) is 13.6 Å². The molecule has 0 saturated heterocycles. The summed E-state index contributed by atoms with van der Waals surface area (Å²) in [5, 5.41) is -0.00962. The molecule has 0 heterocycles. The van der Waals surface area contributed by atoms with Gasteiger partial charge in [-0.05, 0) is 73.8 Å². The van der Waals surface area contributed by atoms with Gasteiger partial charge in [0.15, 0.2) is 16.7 Å². The zero-order chi connectivity index (χ0) is 20.8. The molecule has 0 amide bonds. The standard InChI is InChI=1S/C24H34F2O2S/c1-3-17-4-6-18(7-5-17)19-8-10-20(11-9-19)21-12-13-22(24(26)23(21)25)28-14-15-29-16(2)27/h12-13,17-20H,3-11,14-15H2,1-2H3. The molecule has 1 aromatic carbocycles. The van der Waals surface area contributed by atoms with Crippen LogP contribution < -0.4 is 4.74 Å². The molecule has 0 atom stereocenters. The molecule has 29 heavy (non-hydrogen) atoms. The maximum Gasteiger partial charge on any atom is 0.200 e. The number of benzene rings is 1. The SMILES string of the molecule is CCC1CCC(C2CCC(c3ccc(OCCSC(C)=O)c(F)c3F)CC2)CC1. The Morgan fingerprint density at radius 2 is 1.62 bits per heavy atom. The average Bonchev–Trinajstić information content (AvgIpc) is 2.74. The van der Waals surface area contributed by atoms with Gasteiger partial charge in [0, 0.05) is 12.7 Å². The molecule has 0 aliphatic heterocycles. The van der Waals surface area contributed by atoms with E-state index in [0.29, 0.717) is 11.3 Å². The second-order valence-corrected chi connectivity index (χ2v) is 10.0. The van der Waals surface area contributed by atoms with E-state index in [0.717, 1.165) is 55.2 Å². The van der Waals surface area contributed by atoms with Crippen LogP contribution in [0, 0.1) is 29.4 Å². The van der Waals surface area contributed by atoms with Crippen molar-refractivity contribution in [2.45, 2.75) is 77.6 Å². The van der Waals surface area contributed by atoms with Gasteiger partial charge in [0.05, 0.1) is 6.61 Å². The molecule has 2 fully saturated rings. The molecule has 2 nitrogen and oxygen atoms in total. The topological polar surface area (TPSA) is 26.3 Å². The molecule has 0 N–H and O–H groups in total.